The number of amides is 1. The van der Waals surface area contributed by atoms with Gasteiger partial charge in [-0.1, -0.05) is 26.8 Å². The van der Waals surface area contributed by atoms with E-state index >= 15 is 0 Å². The van der Waals surface area contributed by atoms with Crippen molar-refractivity contribution in [2.45, 2.75) is 40.0 Å². The fourth-order valence-electron chi connectivity index (χ4n) is 1.63. The molecule has 94 valence electrons. The van der Waals surface area contributed by atoms with Crippen molar-refractivity contribution < 1.29 is 4.79 Å². The number of carbonyl (C=O) groups is 1. The highest BCUT2D eigenvalue weighted by Gasteiger charge is 2.28. The van der Waals surface area contributed by atoms with Gasteiger partial charge in [0.25, 0.3) is 0 Å². The Labute approximate surface area is 104 Å². The highest BCUT2D eigenvalue weighted by atomic mass is 16.2. The maximum Gasteiger partial charge on any atom is 0.225 e. The summed E-state index contributed by atoms with van der Waals surface area (Å²) in [6.45, 7) is 6.79. The summed E-state index contributed by atoms with van der Waals surface area (Å²) in [4.78, 5) is 16.2. The fourth-order valence-corrected chi connectivity index (χ4v) is 1.63. The summed E-state index contributed by atoms with van der Waals surface area (Å²) < 4.78 is 0. The molecule has 0 aliphatic heterocycles. The first kappa shape index (κ1) is 13.7. The molecule has 0 saturated heterocycles. The van der Waals surface area contributed by atoms with E-state index in [-0.39, 0.29) is 11.3 Å². The van der Waals surface area contributed by atoms with Crippen molar-refractivity contribution in [3.63, 3.8) is 0 Å². The summed E-state index contributed by atoms with van der Waals surface area (Å²) in [7, 11) is 0. The third kappa shape index (κ3) is 3.84. The van der Waals surface area contributed by atoms with E-state index in [0.29, 0.717) is 6.54 Å². The molecule has 0 fully saturated rings. The lowest BCUT2D eigenvalue weighted by atomic mass is 9.84. The van der Waals surface area contributed by atoms with E-state index in [1.165, 1.54) is 0 Å². The second-order valence-corrected chi connectivity index (χ2v) is 4.59. The average molecular weight is 234 g/mol. The van der Waals surface area contributed by atoms with Crippen molar-refractivity contribution in [2.75, 3.05) is 6.54 Å². The Morgan fingerprint density at radius 2 is 2.06 bits per heavy atom. The van der Waals surface area contributed by atoms with Gasteiger partial charge < -0.3 is 5.32 Å². The van der Waals surface area contributed by atoms with Crippen LogP contribution in [0.3, 0.4) is 0 Å². The molecule has 1 aromatic heterocycles. The summed E-state index contributed by atoms with van der Waals surface area (Å²) in [5.41, 5.74) is 0.784. The fraction of sp³-hybridized carbons (Fsp3) is 0.571. The van der Waals surface area contributed by atoms with Crippen molar-refractivity contribution in [3.05, 3.63) is 30.1 Å². The Hall–Kier alpha value is -1.38. The largest absolute Gasteiger partial charge is 0.355 e. The summed E-state index contributed by atoms with van der Waals surface area (Å²) in [5.74, 6) is 0.151. The van der Waals surface area contributed by atoms with Crippen LogP contribution in [0, 0.1) is 5.41 Å². The van der Waals surface area contributed by atoms with E-state index in [1.807, 2.05) is 25.1 Å². The third-order valence-electron chi connectivity index (χ3n) is 3.50. The Morgan fingerprint density at radius 1 is 1.35 bits per heavy atom. The first-order chi connectivity index (χ1) is 8.12. The summed E-state index contributed by atoms with van der Waals surface area (Å²) in [6.07, 6.45) is 4.31. The zero-order valence-electron chi connectivity index (χ0n) is 11.0. The predicted octanol–water partition coefficient (Wildman–Crippen LogP) is 2.57. The highest BCUT2D eigenvalue weighted by Crippen LogP contribution is 2.25. The molecule has 0 aliphatic carbocycles. The van der Waals surface area contributed by atoms with Crippen LogP contribution in [0.5, 0.6) is 0 Å². The topological polar surface area (TPSA) is 42.0 Å². The van der Waals surface area contributed by atoms with Gasteiger partial charge in [-0.3, -0.25) is 9.78 Å². The molecule has 3 heteroatoms. The maximum atomic E-state index is 12.0. The molecule has 1 N–H and O–H groups in total. The number of carbonyl (C=O) groups excluding carboxylic acids is 1. The van der Waals surface area contributed by atoms with Crippen molar-refractivity contribution in [2.24, 2.45) is 5.41 Å². The third-order valence-corrected chi connectivity index (χ3v) is 3.50. The lowest BCUT2D eigenvalue weighted by Gasteiger charge is -2.25. The maximum absolute atomic E-state index is 12.0. The van der Waals surface area contributed by atoms with E-state index < -0.39 is 0 Å². The quantitative estimate of drug-likeness (QED) is 0.822. The number of aromatic nitrogens is 1. The van der Waals surface area contributed by atoms with Crippen molar-refractivity contribution in [1.82, 2.24) is 10.3 Å². The number of hydrogen-bond acceptors (Lipinski definition) is 2. The van der Waals surface area contributed by atoms with Crippen molar-refractivity contribution in [1.29, 1.82) is 0 Å². The molecular formula is C14H22N2O. The van der Waals surface area contributed by atoms with E-state index in [0.717, 1.165) is 25.0 Å². The first-order valence-corrected chi connectivity index (χ1v) is 6.30. The van der Waals surface area contributed by atoms with Gasteiger partial charge in [-0.25, -0.2) is 0 Å². The van der Waals surface area contributed by atoms with Gasteiger partial charge in [-0.15, -0.1) is 0 Å². The summed E-state index contributed by atoms with van der Waals surface area (Å²) >= 11 is 0. The molecule has 0 bridgehead atoms. The molecule has 3 nitrogen and oxygen atoms in total. The van der Waals surface area contributed by atoms with Crippen LogP contribution in [0.4, 0.5) is 0 Å². The van der Waals surface area contributed by atoms with Gasteiger partial charge in [0.05, 0.1) is 0 Å². The standard InChI is InChI=1S/C14H22N2O/c1-4-14(3,5-2)13(17)16-11-9-12-8-6-7-10-15-12/h6-8,10H,4-5,9,11H2,1-3H3,(H,16,17). The average Bonchev–Trinajstić information content (AvgIpc) is 2.39. The van der Waals surface area contributed by atoms with Crippen LogP contribution in [-0.4, -0.2) is 17.4 Å². The van der Waals surface area contributed by atoms with Crippen LogP contribution in [0.1, 0.15) is 39.3 Å². The minimum absolute atomic E-state index is 0.151. The molecule has 1 heterocycles. The zero-order chi connectivity index (χ0) is 12.7. The van der Waals surface area contributed by atoms with Crippen molar-refractivity contribution in [3.8, 4) is 0 Å². The number of pyridine rings is 1. The van der Waals surface area contributed by atoms with E-state index in [1.54, 1.807) is 6.20 Å². The highest BCUT2D eigenvalue weighted by molar-refractivity contribution is 5.82. The van der Waals surface area contributed by atoms with Crippen LogP contribution in [0.15, 0.2) is 24.4 Å². The van der Waals surface area contributed by atoms with Crippen LogP contribution >= 0.6 is 0 Å². The normalized spacial score (nSPS) is 11.2. The Kier molecular flexibility index (Phi) is 5.13. The second-order valence-electron chi connectivity index (χ2n) is 4.59. The molecule has 0 aromatic carbocycles. The second kappa shape index (κ2) is 6.38. The van der Waals surface area contributed by atoms with Gasteiger partial charge in [0.1, 0.15) is 0 Å². The lowest BCUT2D eigenvalue weighted by Crippen LogP contribution is -2.39. The van der Waals surface area contributed by atoms with Gasteiger partial charge in [0, 0.05) is 30.3 Å². The van der Waals surface area contributed by atoms with E-state index in [9.17, 15) is 4.79 Å². The van der Waals surface area contributed by atoms with Gasteiger partial charge in [-0.2, -0.15) is 0 Å². The number of nitrogens with zero attached hydrogens (tertiary/aromatic N) is 1. The van der Waals surface area contributed by atoms with Gasteiger partial charge in [0.2, 0.25) is 5.91 Å². The Bertz CT molecular complexity index is 344. The molecule has 0 radical (unpaired) electrons. The van der Waals surface area contributed by atoms with E-state index in [4.69, 9.17) is 0 Å². The van der Waals surface area contributed by atoms with Crippen LogP contribution < -0.4 is 5.32 Å². The molecular weight excluding hydrogens is 212 g/mol. The molecule has 0 aliphatic rings. The SMILES string of the molecule is CCC(C)(CC)C(=O)NCCc1ccccn1. The molecule has 0 unspecified atom stereocenters. The van der Waals surface area contributed by atoms with Gasteiger partial charge >= 0.3 is 0 Å². The molecule has 17 heavy (non-hydrogen) atoms. The monoisotopic (exact) mass is 234 g/mol. The Morgan fingerprint density at radius 3 is 2.59 bits per heavy atom. The molecule has 1 rings (SSSR count). The molecule has 1 aromatic rings. The zero-order valence-corrected chi connectivity index (χ0v) is 11.0. The number of nitrogens with one attached hydrogen (secondary N) is 1. The first-order valence-electron chi connectivity index (χ1n) is 6.30. The molecule has 0 saturated carbocycles. The van der Waals surface area contributed by atoms with Crippen LogP contribution in [0.2, 0.25) is 0 Å². The molecule has 1 amide bonds. The minimum Gasteiger partial charge on any atom is -0.355 e. The Balaban J connectivity index is 2.39. The number of hydrogen-bond donors (Lipinski definition) is 1. The number of rotatable bonds is 6. The molecule has 0 atom stereocenters. The minimum atomic E-state index is -0.232. The van der Waals surface area contributed by atoms with E-state index in [2.05, 4.69) is 24.1 Å². The summed E-state index contributed by atoms with van der Waals surface area (Å²) in [5, 5.41) is 2.99. The van der Waals surface area contributed by atoms with Crippen LogP contribution in [-0.2, 0) is 11.2 Å². The molecule has 0 spiro atoms. The lowest BCUT2D eigenvalue weighted by molar-refractivity contribution is -0.130. The summed E-state index contributed by atoms with van der Waals surface area (Å²) in [6, 6.07) is 5.84. The predicted molar refractivity (Wildman–Crippen MR) is 69.6 cm³/mol. The van der Waals surface area contributed by atoms with Gasteiger partial charge in [-0.05, 0) is 25.0 Å². The van der Waals surface area contributed by atoms with Gasteiger partial charge in [0.15, 0.2) is 0 Å². The van der Waals surface area contributed by atoms with Crippen molar-refractivity contribution >= 4 is 5.91 Å². The smallest absolute Gasteiger partial charge is 0.225 e. The van der Waals surface area contributed by atoms with Crippen LogP contribution in [0.25, 0.3) is 0 Å².